The number of rotatable bonds is 4. The molecule has 0 spiro atoms. The number of halogens is 1. The summed E-state index contributed by atoms with van der Waals surface area (Å²) in [5.74, 6) is 0.788. The predicted molar refractivity (Wildman–Crippen MR) is 117 cm³/mol. The summed E-state index contributed by atoms with van der Waals surface area (Å²) in [6, 6.07) is 7.63. The van der Waals surface area contributed by atoms with E-state index in [9.17, 15) is 9.59 Å². The second kappa shape index (κ2) is 7.75. The van der Waals surface area contributed by atoms with Crippen LogP contribution in [-0.4, -0.2) is 48.9 Å². The van der Waals surface area contributed by atoms with Crippen LogP contribution in [0.1, 0.15) is 56.5 Å². The summed E-state index contributed by atoms with van der Waals surface area (Å²) in [6.07, 6.45) is 5.13. The Balaban J connectivity index is 1.44. The Morgan fingerprint density at radius 3 is 2.71 bits per heavy atom. The first-order chi connectivity index (χ1) is 15.0. The molecule has 2 aliphatic rings. The molecule has 1 aromatic carbocycles. The average Bonchev–Trinajstić information content (AvgIpc) is 3.19. The number of hydrogen-bond donors (Lipinski definition) is 1. The summed E-state index contributed by atoms with van der Waals surface area (Å²) in [5, 5.41) is 8.98. The second-order valence-corrected chi connectivity index (χ2v) is 9.00. The Morgan fingerprint density at radius 2 is 2.03 bits per heavy atom. The maximum atomic E-state index is 13.7. The first-order valence-corrected chi connectivity index (χ1v) is 11.3. The average molecular weight is 441 g/mol. The first kappa shape index (κ1) is 20.2. The van der Waals surface area contributed by atoms with Crippen molar-refractivity contribution in [2.45, 2.75) is 56.9 Å². The number of benzene rings is 1. The van der Waals surface area contributed by atoms with Gasteiger partial charge in [-0.2, -0.15) is 0 Å². The summed E-state index contributed by atoms with van der Waals surface area (Å²) in [5.41, 5.74) is 1.06. The highest BCUT2D eigenvalue weighted by Crippen LogP contribution is 2.46. The molecule has 1 aliphatic carbocycles. The molecule has 1 aliphatic heterocycles. The molecule has 9 heteroatoms. The Morgan fingerprint density at radius 1 is 1.26 bits per heavy atom. The fourth-order valence-corrected chi connectivity index (χ4v) is 4.99. The van der Waals surface area contributed by atoms with Crippen molar-refractivity contribution < 1.29 is 4.79 Å². The van der Waals surface area contributed by atoms with Gasteiger partial charge in [0, 0.05) is 24.5 Å². The van der Waals surface area contributed by atoms with Crippen LogP contribution in [0.5, 0.6) is 0 Å². The third-order valence-corrected chi connectivity index (χ3v) is 7.01. The molecule has 1 unspecified atom stereocenters. The normalized spacial score (nSPS) is 20.6. The van der Waals surface area contributed by atoms with E-state index in [1.807, 2.05) is 36.1 Å². The second-order valence-electron chi connectivity index (χ2n) is 8.56. The molecule has 3 heterocycles. The summed E-state index contributed by atoms with van der Waals surface area (Å²) < 4.78 is 1.74. The topological polar surface area (TPSA) is 96.8 Å². The minimum Gasteiger partial charge on any atom is -0.340 e. The van der Waals surface area contributed by atoms with Crippen LogP contribution in [0.15, 0.2) is 29.1 Å². The minimum absolute atomic E-state index is 0.0518. The lowest BCUT2D eigenvalue weighted by atomic mass is 9.63. The van der Waals surface area contributed by atoms with Crippen molar-refractivity contribution in [2.75, 3.05) is 13.1 Å². The number of aromatic nitrogens is 5. The number of carbonyl (C=O) groups is 1. The maximum Gasteiger partial charge on any atom is 0.281 e. The Hall–Kier alpha value is -2.74. The molecule has 1 saturated carbocycles. The van der Waals surface area contributed by atoms with Crippen LogP contribution in [0, 0.1) is 0 Å². The molecular weight excluding hydrogens is 416 g/mol. The molecule has 0 bridgehead atoms. The zero-order chi connectivity index (χ0) is 21.6. The lowest BCUT2D eigenvalue weighted by Crippen LogP contribution is -2.53. The van der Waals surface area contributed by atoms with Crippen molar-refractivity contribution in [3.05, 3.63) is 51.0 Å². The van der Waals surface area contributed by atoms with Crippen molar-refractivity contribution in [3.8, 4) is 0 Å². The standard InChI is InChI=1S/C22H25ClN6O2/c1-2-17-24-19-18(20(30)25-17)26-27-29(19)16-5-3-12-28(13-16)21(31)22(10-4-11-22)14-6-8-15(23)9-7-14/h6-9,16H,2-5,10-13H2,1H3,(H,24,25,30). The molecule has 0 radical (unpaired) electrons. The number of aryl methyl sites for hydroxylation is 1. The fraction of sp³-hybridized carbons (Fsp3) is 0.500. The van der Waals surface area contributed by atoms with Gasteiger partial charge in [-0.25, -0.2) is 9.67 Å². The first-order valence-electron chi connectivity index (χ1n) is 10.9. The summed E-state index contributed by atoms with van der Waals surface area (Å²) in [6.45, 7) is 3.21. The van der Waals surface area contributed by atoms with E-state index in [2.05, 4.69) is 20.3 Å². The molecule has 1 atom stereocenters. The molecule has 31 heavy (non-hydrogen) atoms. The van der Waals surface area contributed by atoms with Gasteiger partial charge >= 0.3 is 0 Å². The van der Waals surface area contributed by atoms with Gasteiger partial charge in [0.05, 0.1) is 11.5 Å². The molecule has 1 amide bonds. The van der Waals surface area contributed by atoms with Crippen LogP contribution in [-0.2, 0) is 16.6 Å². The molecule has 1 saturated heterocycles. The van der Waals surface area contributed by atoms with Crippen LogP contribution in [0.25, 0.3) is 11.2 Å². The van der Waals surface area contributed by atoms with Crippen molar-refractivity contribution >= 4 is 28.7 Å². The van der Waals surface area contributed by atoms with E-state index < -0.39 is 5.41 Å². The summed E-state index contributed by atoms with van der Waals surface area (Å²) in [4.78, 5) is 35.3. The quantitative estimate of drug-likeness (QED) is 0.672. The number of H-pyrrole nitrogens is 1. The number of nitrogens with one attached hydrogen (secondary N) is 1. The van der Waals surface area contributed by atoms with E-state index in [4.69, 9.17) is 11.6 Å². The lowest BCUT2D eigenvalue weighted by Gasteiger charge is -2.46. The van der Waals surface area contributed by atoms with E-state index in [1.165, 1.54) is 0 Å². The van der Waals surface area contributed by atoms with Gasteiger partial charge in [0.1, 0.15) is 5.82 Å². The monoisotopic (exact) mass is 440 g/mol. The molecule has 2 aromatic heterocycles. The van der Waals surface area contributed by atoms with E-state index in [0.717, 1.165) is 44.2 Å². The van der Waals surface area contributed by atoms with E-state index in [1.54, 1.807) is 4.68 Å². The van der Waals surface area contributed by atoms with Gasteiger partial charge in [0.2, 0.25) is 5.91 Å². The molecule has 3 aromatic rings. The number of nitrogens with zero attached hydrogens (tertiary/aromatic N) is 5. The van der Waals surface area contributed by atoms with Gasteiger partial charge in [-0.05, 0) is 43.4 Å². The van der Waals surface area contributed by atoms with Gasteiger partial charge in [-0.3, -0.25) is 9.59 Å². The zero-order valence-electron chi connectivity index (χ0n) is 17.5. The van der Waals surface area contributed by atoms with Crippen LogP contribution >= 0.6 is 11.6 Å². The van der Waals surface area contributed by atoms with Crippen molar-refractivity contribution in [2.24, 2.45) is 0 Å². The maximum absolute atomic E-state index is 13.7. The Labute approximate surface area is 184 Å². The van der Waals surface area contributed by atoms with Crippen molar-refractivity contribution in [1.82, 2.24) is 29.9 Å². The Kier molecular flexibility index (Phi) is 5.04. The van der Waals surface area contributed by atoms with E-state index in [0.29, 0.717) is 29.5 Å². The number of fused-ring (bicyclic) bond motifs is 1. The fourth-order valence-electron chi connectivity index (χ4n) is 4.87. The van der Waals surface area contributed by atoms with Gasteiger partial charge in [0.25, 0.3) is 5.56 Å². The Bertz CT molecular complexity index is 1180. The van der Waals surface area contributed by atoms with Crippen molar-refractivity contribution in [1.29, 1.82) is 0 Å². The van der Waals surface area contributed by atoms with Gasteiger partial charge in [-0.15, -0.1) is 5.10 Å². The highest BCUT2D eigenvalue weighted by Gasteiger charge is 2.48. The molecule has 2 fully saturated rings. The third-order valence-electron chi connectivity index (χ3n) is 6.76. The largest absolute Gasteiger partial charge is 0.340 e. The van der Waals surface area contributed by atoms with Crippen LogP contribution < -0.4 is 5.56 Å². The van der Waals surface area contributed by atoms with E-state index in [-0.39, 0.29) is 23.0 Å². The number of amides is 1. The third kappa shape index (κ3) is 3.33. The SMILES string of the molecule is CCc1nc2c(nnn2C2CCCN(C(=O)C3(c4ccc(Cl)cc4)CCC3)C2)c(=O)[nH]1. The molecular formula is C22H25ClN6O2. The van der Waals surface area contributed by atoms with Crippen LogP contribution in [0.2, 0.25) is 5.02 Å². The molecule has 8 nitrogen and oxygen atoms in total. The van der Waals surface area contributed by atoms with Gasteiger partial charge < -0.3 is 9.88 Å². The summed E-state index contributed by atoms with van der Waals surface area (Å²) >= 11 is 6.07. The van der Waals surface area contributed by atoms with Gasteiger partial charge in [0.15, 0.2) is 11.2 Å². The van der Waals surface area contributed by atoms with Crippen LogP contribution in [0.4, 0.5) is 0 Å². The van der Waals surface area contributed by atoms with Crippen LogP contribution in [0.3, 0.4) is 0 Å². The number of carbonyl (C=O) groups excluding carboxylic acids is 1. The molecule has 162 valence electrons. The van der Waals surface area contributed by atoms with Gasteiger partial charge in [-0.1, -0.05) is 42.3 Å². The zero-order valence-corrected chi connectivity index (χ0v) is 18.2. The highest BCUT2D eigenvalue weighted by atomic mass is 35.5. The number of piperidine rings is 1. The smallest absolute Gasteiger partial charge is 0.281 e. The molecule has 5 rings (SSSR count). The number of likely N-dealkylation sites (tertiary alicyclic amines) is 1. The van der Waals surface area contributed by atoms with Crippen molar-refractivity contribution in [3.63, 3.8) is 0 Å². The highest BCUT2D eigenvalue weighted by molar-refractivity contribution is 6.30. The lowest BCUT2D eigenvalue weighted by molar-refractivity contribution is -0.142. The predicted octanol–water partition coefficient (Wildman–Crippen LogP) is 3.02. The number of aromatic amines is 1. The minimum atomic E-state index is -0.457. The summed E-state index contributed by atoms with van der Waals surface area (Å²) in [7, 11) is 0. The molecule has 1 N–H and O–H groups in total. The number of hydrogen-bond acceptors (Lipinski definition) is 5. The van der Waals surface area contributed by atoms with E-state index >= 15 is 0 Å².